The summed E-state index contributed by atoms with van der Waals surface area (Å²) in [5.74, 6) is 5.25. The quantitative estimate of drug-likeness (QED) is 0.781. The molecule has 0 saturated carbocycles. The summed E-state index contributed by atoms with van der Waals surface area (Å²) in [6.07, 6.45) is 0.359. The van der Waals surface area contributed by atoms with Crippen molar-refractivity contribution >= 4 is 11.8 Å². The summed E-state index contributed by atoms with van der Waals surface area (Å²) in [6, 6.07) is 7.01. The molecule has 0 aliphatic rings. The Labute approximate surface area is 125 Å². The molecule has 21 heavy (non-hydrogen) atoms. The van der Waals surface area contributed by atoms with Gasteiger partial charge < -0.3 is 15.3 Å². The Bertz CT molecular complexity index is 558. The molecule has 0 aliphatic carbocycles. The van der Waals surface area contributed by atoms with E-state index in [4.69, 9.17) is 5.11 Å². The largest absolute Gasteiger partial charge is 0.395 e. The molecule has 0 atom stereocenters. The molecule has 0 spiro atoms. The fraction of sp³-hybridized carbons (Fsp3) is 0.375. The van der Waals surface area contributed by atoms with E-state index in [0.717, 1.165) is 0 Å². The first-order valence-electron chi connectivity index (χ1n) is 6.82. The first-order valence-corrected chi connectivity index (χ1v) is 6.82. The van der Waals surface area contributed by atoms with Gasteiger partial charge in [-0.15, -0.1) is 0 Å². The predicted octanol–water partition coefficient (Wildman–Crippen LogP) is 0.629. The van der Waals surface area contributed by atoms with Crippen molar-refractivity contribution in [1.29, 1.82) is 0 Å². The molecule has 0 aliphatic heterocycles. The van der Waals surface area contributed by atoms with Gasteiger partial charge in [-0.2, -0.15) is 0 Å². The number of amides is 2. The zero-order valence-electron chi connectivity index (χ0n) is 12.3. The van der Waals surface area contributed by atoms with Crippen LogP contribution >= 0.6 is 0 Å². The molecule has 0 bridgehead atoms. The summed E-state index contributed by atoms with van der Waals surface area (Å²) in [6.45, 7) is 2.26. The van der Waals surface area contributed by atoms with Crippen molar-refractivity contribution in [1.82, 2.24) is 10.2 Å². The maximum Gasteiger partial charge on any atom is 0.255 e. The van der Waals surface area contributed by atoms with Crippen LogP contribution in [0.3, 0.4) is 0 Å². The van der Waals surface area contributed by atoms with Gasteiger partial charge in [-0.3, -0.25) is 9.59 Å². The predicted molar refractivity (Wildman–Crippen MR) is 80.7 cm³/mol. The maximum absolute atomic E-state index is 12.5. The normalized spacial score (nSPS) is 9.48. The van der Waals surface area contributed by atoms with E-state index in [0.29, 0.717) is 24.1 Å². The Morgan fingerprint density at radius 2 is 2.05 bits per heavy atom. The number of nitrogens with one attached hydrogen (secondary N) is 1. The molecule has 0 saturated heterocycles. The van der Waals surface area contributed by atoms with Gasteiger partial charge >= 0.3 is 0 Å². The van der Waals surface area contributed by atoms with E-state index in [9.17, 15) is 9.59 Å². The van der Waals surface area contributed by atoms with Gasteiger partial charge in [0.2, 0.25) is 5.91 Å². The highest BCUT2D eigenvalue weighted by molar-refractivity contribution is 5.98. The Morgan fingerprint density at radius 1 is 1.33 bits per heavy atom. The van der Waals surface area contributed by atoms with Gasteiger partial charge in [-0.25, -0.2) is 0 Å². The molecular formula is C16H20N2O3. The van der Waals surface area contributed by atoms with Crippen molar-refractivity contribution in [3.8, 4) is 11.8 Å². The number of carbonyl (C=O) groups excluding carboxylic acids is 2. The first kappa shape index (κ1) is 16.7. The van der Waals surface area contributed by atoms with Crippen molar-refractivity contribution in [2.24, 2.45) is 0 Å². The zero-order valence-corrected chi connectivity index (χ0v) is 12.3. The van der Waals surface area contributed by atoms with Crippen LogP contribution in [-0.2, 0) is 4.79 Å². The Balaban J connectivity index is 3.00. The average molecular weight is 288 g/mol. The van der Waals surface area contributed by atoms with Crippen molar-refractivity contribution in [3.05, 3.63) is 35.4 Å². The molecule has 0 aromatic heterocycles. The molecule has 1 rings (SSSR count). The number of benzene rings is 1. The van der Waals surface area contributed by atoms with Crippen LogP contribution < -0.4 is 5.32 Å². The molecule has 0 heterocycles. The topological polar surface area (TPSA) is 69.6 Å². The van der Waals surface area contributed by atoms with Crippen LogP contribution in [0.15, 0.2) is 24.3 Å². The van der Waals surface area contributed by atoms with Crippen LogP contribution in [0.1, 0.15) is 29.3 Å². The number of hydrogen-bond donors (Lipinski definition) is 2. The number of likely N-dealkylation sites (N-methyl/N-ethyl adjacent to an activating group) is 2. The van der Waals surface area contributed by atoms with Gasteiger partial charge in [-0.1, -0.05) is 24.0 Å². The molecule has 5 heteroatoms. The van der Waals surface area contributed by atoms with E-state index < -0.39 is 0 Å². The lowest BCUT2D eigenvalue weighted by Gasteiger charge is -2.20. The molecule has 2 amide bonds. The molecule has 2 N–H and O–H groups in total. The van der Waals surface area contributed by atoms with E-state index in [-0.39, 0.29) is 25.0 Å². The third-order valence-electron chi connectivity index (χ3n) is 2.90. The highest BCUT2D eigenvalue weighted by atomic mass is 16.2. The minimum absolute atomic E-state index is 0.0130. The first-order chi connectivity index (χ1) is 10.1. The minimum atomic E-state index is -0.227. The Hall–Kier alpha value is -2.32. The van der Waals surface area contributed by atoms with E-state index in [1.54, 1.807) is 24.3 Å². The number of aliphatic hydroxyl groups excluding tert-OH is 1. The second kappa shape index (κ2) is 8.77. The Kier molecular flexibility index (Phi) is 6.99. The fourth-order valence-electron chi connectivity index (χ4n) is 1.74. The maximum atomic E-state index is 12.5. The molecular weight excluding hydrogens is 268 g/mol. The summed E-state index contributed by atoms with van der Waals surface area (Å²) in [4.78, 5) is 25.4. The average Bonchev–Trinajstić information content (AvgIpc) is 2.52. The number of nitrogens with zero attached hydrogens (tertiary/aromatic N) is 1. The molecule has 112 valence electrons. The molecule has 5 nitrogen and oxygen atoms in total. The lowest BCUT2D eigenvalue weighted by Crippen LogP contribution is -2.39. The van der Waals surface area contributed by atoms with Gasteiger partial charge in [0.25, 0.3) is 5.91 Å². The van der Waals surface area contributed by atoms with Crippen molar-refractivity contribution in [3.63, 3.8) is 0 Å². The second-order valence-electron chi connectivity index (χ2n) is 4.31. The minimum Gasteiger partial charge on any atom is -0.395 e. The Morgan fingerprint density at radius 3 is 2.67 bits per heavy atom. The summed E-state index contributed by atoms with van der Waals surface area (Å²) in [5, 5.41) is 11.3. The van der Waals surface area contributed by atoms with E-state index >= 15 is 0 Å². The van der Waals surface area contributed by atoms with Gasteiger partial charge in [0.1, 0.15) is 0 Å². The standard InChI is InChI=1S/C16H20N2O3/c1-3-18(12-15(20)17-2)16(21)14-10-5-4-8-13(14)9-6-7-11-19/h4-5,8,10,19H,3,7,11-12H2,1-2H3,(H,17,20). The summed E-state index contributed by atoms with van der Waals surface area (Å²) in [7, 11) is 1.54. The third kappa shape index (κ3) is 4.93. The zero-order chi connectivity index (χ0) is 15.7. The van der Waals surface area contributed by atoms with Crippen LogP contribution in [0.25, 0.3) is 0 Å². The SMILES string of the molecule is CCN(CC(=O)NC)C(=O)c1ccccc1C#CCCO. The fourth-order valence-corrected chi connectivity index (χ4v) is 1.74. The summed E-state index contributed by atoms with van der Waals surface area (Å²) < 4.78 is 0. The van der Waals surface area contributed by atoms with E-state index in [2.05, 4.69) is 17.2 Å². The van der Waals surface area contributed by atoms with Crippen molar-refractivity contribution < 1.29 is 14.7 Å². The summed E-state index contributed by atoms with van der Waals surface area (Å²) >= 11 is 0. The number of aliphatic hydroxyl groups is 1. The van der Waals surface area contributed by atoms with Gasteiger partial charge in [-0.05, 0) is 19.1 Å². The third-order valence-corrected chi connectivity index (χ3v) is 2.90. The van der Waals surface area contributed by atoms with Crippen LogP contribution in [0, 0.1) is 11.8 Å². The van der Waals surface area contributed by atoms with Crippen molar-refractivity contribution in [2.75, 3.05) is 26.7 Å². The summed E-state index contributed by atoms with van der Waals surface area (Å²) in [5.41, 5.74) is 1.07. The molecule has 1 aromatic rings. The molecule has 0 unspecified atom stereocenters. The monoisotopic (exact) mass is 288 g/mol. The van der Waals surface area contributed by atoms with E-state index in [1.807, 2.05) is 6.92 Å². The van der Waals surface area contributed by atoms with Gasteiger partial charge in [0, 0.05) is 25.6 Å². The molecule has 1 aromatic carbocycles. The molecule has 0 fully saturated rings. The van der Waals surface area contributed by atoms with Crippen molar-refractivity contribution in [2.45, 2.75) is 13.3 Å². The molecule has 0 radical (unpaired) electrons. The number of carbonyl (C=O) groups is 2. The van der Waals surface area contributed by atoms with Gasteiger partial charge in [0.05, 0.1) is 18.7 Å². The van der Waals surface area contributed by atoms with Crippen LogP contribution in [-0.4, -0.2) is 48.6 Å². The highest BCUT2D eigenvalue weighted by Gasteiger charge is 2.18. The van der Waals surface area contributed by atoms with Crippen LogP contribution in [0.5, 0.6) is 0 Å². The lowest BCUT2D eigenvalue weighted by molar-refractivity contribution is -0.121. The number of hydrogen-bond acceptors (Lipinski definition) is 3. The smallest absolute Gasteiger partial charge is 0.255 e. The van der Waals surface area contributed by atoms with E-state index in [1.165, 1.54) is 11.9 Å². The van der Waals surface area contributed by atoms with Gasteiger partial charge in [0.15, 0.2) is 0 Å². The highest BCUT2D eigenvalue weighted by Crippen LogP contribution is 2.11. The lowest BCUT2D eigenvalue weighted by atomic mass is 10.1. The van der Waals surface area contributed by atoms with Crippen LogP contribution in [0.2, 0.25) is 0 Å². The number of rotatable bonds is 5. The van der Waals surface area contributed by atoms with Crippen LogP contribution in [0.4, 0.5) is 0 Å². The second-order valence-corrected chi connectivity index (χ2v) is 4.31.